The molecule has 0 aliphatic carbocycles. The van der Waals surface area contributed by atoms with E-state index in [1.54, 1.807) is 21.1 Å². The van der Waals surface area contributed by atoms with E-state index in [1.165, 1.54) is 0 Å². The SMILES string of the molecule is COc1cc(CBr)cc(OC)c1-c1ccc(C[C@H](NC(=O)C2(C)CCCO2)C(=O)O)cc1. The van der Waals surface area contributed by atoms with Crippen molar-refractivity contribution in [3.8, 4) is 22.6 Å². The largest absolute Gasteiger partial charge is 0.496 e. The number of carbonyl (C=O) groups is 2. The van der Waals surface area contributed by atoms with Crippen LogP contribution >= 0.6 is 15.9 Å². The zero-order valence-corrected chi connectivity index (χ0v) is 20.0. The number of carboxylic acid groups (broad SMARTS) is 1. The minimum absolute atomic E-state index is 0.161. The van der Waals surface area contributed by atoms with Crippen LogP contribution in [0.4, 0.5) is 0 Å². The Bertz CT molecular complexity index is 944. The lowest BCUT2D eigenvalue weighted by atomic mass is 9.97. The minimum atomic E-state index is -1.09. The average molecular weight is 506 g/mol. The molecule has 1 aliphatic heterocycles. The number of benzene rings is 2. The van der Waals surface area contributed by atoms with Crippen LogP contribution in [0.15, 0.2) is 36.4 Å². The van der Waals surface area contributed by atoms with E-state index < -0.39 is 17.6 Å². The third kappa shape index (κ3) is 5.24. The standard InChI is InChI=1S/C24H28BrNO6/c1-24(9-4-10-32-24)23(29)26-18(22(27)28)11-15-5-7-17(8-6-15)21-19(30-2)12-16(14-25)13-20(21)31-3/h5-8,12-13,18H,4,9-11,14H2,1-3H3,(H,26,29)(H,27,28)/t18-,24?/m0/s1. The number of ether oxygens (including phenoxy) is 3. The van der Waals surface area contributed by atoms with E-state index in [0.717, 1.165) is 28.7 Å². The Morgan fingerprint density at radius 2 is 1.78 bits per heavy atom. The topological polar surface area (TPSA) is 94.1 Å². The molecule has 0 spiro atoms. The van der Waals surface area contributed by atoms with Crippen molar-refractivity contribution in [2.75, 3.05) is 20.8 Å². The van der Waals surface area contributed by atoms with Crippen molar-refractivity contribution < 1.29 is 28.9 Å². The molecule has 2 N–H and O–H groups in total. The van der Waals surface area contributed by atoms with Gasteiger partial charge in [0.1, 0.15) is 23.1 Å². The van der Waals surface area contributed by atoms with E-state index in [1.807, 2.05) is 36.4 Å². The van der Waals surface area contributed by atoms with E-state index in [9.17, 15) is 14.7 Å². The zero-order valence-electron chi connectivity index (χ0n) is 18.4. The summed E-state index contributed by atoms with van der Waals surface area (Å²) in [5.41, 5.74) is 2.55. The molecule has 7 nitrogen and oxygen atoms in total. The summed E-state index contributed by atoms with van der Waals surface area (Å²) in [6.07, 6.45) is 1.53. The highest BCUT2D eigenvalue weighted by Gasteiger charge is 2.39. The minimum Gasteiger partial charge on any atom is -0.496 e. The number of rotatable bonds is 9. The molecular formula is C24H28BrNO6. The van der Waals surface area contributed by atoms with Crippen molar-refractivity contribution in [1.29, 1.82) is 0 Å². The summed E-state index contributed by atoms with van der Waals surface area (Å²) >= 11 is 3.45. The van der Waals surface area contributed by atoms with Gasteiger partial charge >= 0.3 is 5.97 Å². The van der Waals surface area contributed by atoms with Crippen molar-refractivity contribution in [3.63, 3.8) is 0 Å². The van der Waals surface area contributed by atoms with Gasteiger partial charge in [-0.05, 0) is 48.6 Å². The molecule has 2 atom stereocenters. The van der Waals surface area contributed by atoms with Crippen molar-refractivity contribution in [3.05, 3.63) is 47.5 Å². The fourth-order valence-electron chi connectivity index (χ4n) is 3.84. The number of hydrogen-bond donors (Lipinski definition) is 2. The van der Waals surface area contributed by atoms with Crippen LogP contribution < -0.4 is 14.8 Å². The molecule has 1 unspecified atom stereocenters. The fraction of sp³-hybridized carbons (Fsp3) is 0.417. The highest BCUT2D eigenvalue weighted by Crippen LogP contribution is 2.40. The third-order valence-electron chi connectivity index (χ3n) is 5.70. The molecule has 8 heteroatoms. The number of nitrogens with one attached hydrogen (secondary N) is 1. The van der Waals surface area contributed by atoms with Gasteiger partial charge in [0.05, 0.1) is 19.8 Å². The first-order valence-corrected chi connectivity index (χ1v) is 11.5. The van der Waals surface area contributed by atoms with Crippen molar-refractivity contribution in [1.82, 2.24) is 5.32 Å². The van der Waals surface area contributed by atoms with Gasteiger partial charge in [0.15, 0.2) is 0 Å². The number of carbonyl (C=O) groups excluding carboxylic acids is 1. The predicted octanol–water partition coefficient (Wildman–Crippen LogP) is 3.95. The summed E-state index contributed by atoms with van der Waals surface area (Å²) in [4.78, 5) is 24.4. The lowest BCUT2D eigenvalue weighted by Crippen LogP contribution is -2.51. The molecule has 0 bridgehead atoms. The normalized spacial score (nSPS) is 18.8. The Balaban J connectivity index is 1.80. The maximum atomic E-state index is 12.6. The van der Waals surface area contributed by atoms with Crippen LogP contribution in [0.3, 0.4) is 0 Å². The van der Waals surface area contributed by atoms with E-state index >= 15 is 0 Å². The molecule has 3 rings (SSSR count). The molecule has 2 aromatic carbocycles. The lowest BCUT2D eigenvalue weighted by Gasteiger charge is -2.24. The Kier molecular flexibility index (Phi) is 7.79. The number of alkyl halides is 1. The molecule has 1 aliphatic rings. The molecule has 2 aromatic rings. The Morgan fingerprint density at radius 3 is 2.25 bits per heavy atom. The number of hydrogen-bond acceptors (Lipinski definition) is 5. The van der Waals surface area contributed by atoms with Crippen molar-refractivity contribution in [2.45, 2.75) is 43.2 Å². The van der Waals surface area contributed by atoms with Crippen molar-refractivity contribution >= 4 is 27.8 Å². The number of halogens is 1. The van der Waals surface area contributed by atoms with Crippen LogP contribution in [0.1, 0.15) is 30.9 Å². The number of methoxy groups -OCH3 is 2. The highest BCUT2D eigenvalue weighted by molar-refractivity contribution is 9.08. The van der Waals surface area contributed by atoms with Crippen LogP contribution in [-0.4, -0.2) is 49.5 Å². The van der Waals surface area contributed by atoms with Gasteiger partial charge in [0.25, 0.3) is 5.91 Å². The first-order valence-electron chi connectivity index (χ1n) is 10.4. The van der Waals surface area contributed by atoms with E-state index in [2.05, 4.69) is 21.2 Å². The maximum absolute atomic E-state index is 12.6. The second-order valence-corrected chi connectivity index (χ2v) is 8.52. The van der Waals surface area contributed by atoms with Gasteiger partial charge in [-0.15, -0.1) is 0 Å². The van der Waals surface area contributed by atoms with Gasteiger partial charge in [-0.25, -0.2) is 4.79 Å². The molecule has 0 aromatic heterocycles. The molecular weight excluding hydrogens is 478 g/mol. The average Bonchev–Trinajstić information content (AvgIpc) is 3.25. The van der Waals surface area contributed by atoms with Crippen LogP contribution in [0, 0.1) is 0 Å². The highest BCUT2D eigenvalue weighted by atomic mass is 79.9. The van der Waals surface area contributed by atoms with E-state index in [-0.39, 0.29) is 12.3 Å². The smallest absolute Gasteiger partial charge is 0.326 e. The second kappa shape index (κ2) is 10.4. The van der Waals surface area contributed by atoms with Crippen LogP contribution in [0.2, 0.25) is 0 Å². The first kappa shape index (κ1) is 24.1. The van der Waals surface area contributed by atoms with Crippen molar-refractivity contribution in [2.24, 2.45) is 0 Å². The summed E-state index contributed by atoms with van der Waals surface area (Å²) in [7, 11) is 3.22. The third-order valence-corrected chi connectivity index (χ3v) is 6.35. The molecule has 1 fully saturated rings. The van der Waals surface area contributed by atoms with Gasteiger partial charge in [0.2, 0.25) is 0 Å². The quantitative estimate of drug-likeness (QED) is 0.501. The Morgan fingerprint density at radius 1 is 1.16 bits per heavy atom. The second-order valence-electron chi connectivity index (χ2n) is 7.96. The molecule has 1 heterocycles. The summed E-state index contributed by atoms with van der Waals surface area (Å²) in [5.74, 6) is -0.0998. The molecule has 32 heavy (non-hydrogen) atoms. The van der Waals surface area contributed by atoms with Crippen LogP contribution in [-0.2, 0) is 26.1 Å². The first-order chi connectivity index (χ1) is 15.3. The fourth-order valence-corrected chi connectivity index (χ4v) is 4.16. The number of amides is 1. The van der Waals surface area contributed by atoms with E-state index in [0.29, 0.717) is 29.9 Å². The summed E-state index contributed by atoms with van der Waals surface area (Å²) in [6.45, 7) is 2.21. The maximum Gasteiger partial charge on any atom is 0.326 e. The van der Waals surface area contributed by atoms with Crippen LogP contribution in [0.25, 0.3) is 11.1 Å². The molecule has 1 amide bonds. The monoisotopic (exact) mass is 505 g/mol. The molecule has 172 valence electrons. The Labute approximate surface area is 196 Å². The summed E-state index contributed by atoms with van der Waals surface area (Å²) in [6, 6.07) is 10.3. The predicted molar refractivity (Wildman–Crippen MR) is 124 cm³/mol. The van der Waals surface area contributed by atoms with Gasteiger partial charge in [-0.1, -0.05) is 40.2 Å². The lowest BCUT2D eigenvalue weighted by molar-refractivity contribution is -0.147. The molecule has 0 radical (unpaired) electrons. The van der Waals surface area contributed by atoms with Gasteiger partial charge in [-0.3, -0.25) is 4.79 Å². The summed E-state index contributed by atoms with van der Waals surface area (Å²) in [5, 5.41) is 12.9. The number of aliphatic carboxylic acids is 1. The van der Waals surface area contributed by atoms with Gasteiger partial charge in [-0.2, -0.15) is 0 Å². The summed E-state index contributed by atoms with van der Waals surface area (Å²) < 4.78 is 16.7. The Hall–Kier alpha value is -2.58. The molecule has 0 saturated carbocycles. The zero-order chi connectivity index (χ0) is 23.3. The molecule has 1 saturated heterocycles. The van der Waals surface area contributed by atoms with E-state index in [4.69, 9.17) is 14.2 Å². The van der Waals surface area contributed by atoms with Gasteiger partial charge < -0.3 is 24.6 Å². The van der Waals surface area contributed by atoms with Gasteiger partial charge in [0, 0.05) is 18.4 Å². The van der Waals surface area contributed by atoms with Crippen LogP contribution in [0.5, 0.6) is 11.5 Å². The number of carboxylic acids is 1.